The van der Waals surface area contributed by atoms with Gasteiger partial charge in [0.25, 0.3) is 0 Å². The molecule has 1 aromatic heterocycles. The van der Waals surface area contributed by atoms with Gasteiger partial charge in [0.05, 0.1) is 12.5 Å². The summed E-state index contributed by atoms with van der Waals surface area (Å²) < 4.78 is 32.2. The molecule has 0 spiro atoms. The molecule has 0 unspecified atom stereocenters. The lowest BCUT2D eigenvalue weighted by atomic mass is 10.1. The standard InChI is InChI=1S/C19H26N4O5S/c1-11(2)20-17(24)10-15-6-8-16(9-7-15)21-19(25)13(4)23-29(26,27)18-12(3)22-28-14(18)5/h6-9,11,13,23H,10H2,1-5H3,(H,20,24)(H,21,25)/t13-/m0/s1. The van der Waals surface area contributed by atoms with Gasteiger partial charge in [-0.1, -0.05) is 17.3 Å². The van der Waals surface area contributed by atoms with Gasteiger partial charge >= 0.3 is 0 Å². The van der Waals surface area contributed by atoms with E-state index in [4.69, 9.17) is 4.52 Å². The van der Waals surface area contributed by atoms with Gasteiger partial charge in [0, 0.05) is 11.7 Å². The van der Waals surface area contributed by atoms with Crippen molar-refractivity contribution in [3.05, 3.63) is 41.3 Å². The van der Waals surface area contributed by atoms with Crippen LogP contribution in [-0.2, 0) is 26.0 Å². The van der Waals surface area contributed by atoms with Gasteiger partial charge in [-0.2, -0.15) is 4.72 Å². The van der Waals surface area contributed by atoms with E-state index in [9.17, 15) is 18.0 Å². The monoisotopic (exact) mass is 422 g/mol. The van der Waals surface area contributed by atoms with Crippen molar-refractivity contribution in [2.75, 3.05) is 5.32 Å². The lowest BCUT2D eigenvalue weighted by Crippen LogP contribution is -2.41. The highest BCUT2D eigenvalue weighted by atomic mass is 32.2. The van der Waals surface area contributed by atoms with E-state index in [2.05, 4.69) is 20.5 Å². The molecule has 10 heteroatoms. The zero-order valence-electron chi connectivity index (χ0n) is 17.1. The summed E-state index contributed by atoms with van der Waals surface area (Å²) in [6, 6.07) is 5.82. The molecule has 0 radical (unpaired) electrons. The van der Waals surface area contributed by atoms with Crippen LogP contribution in [0.1, 0.15) is 37.8 Å². The van der Waals surface area contributed by atoms with Gasteiger partial charge in [0.15, 0.2) is 5.76 Å². The molecule has 29 heavy (non-hydrogen) atoms. The lowest BCUT2D eigenvalue weighted by molar-refractivity contribution is -0.121. The molecule has 0 aliphatic rings. The Morgan fingerprint density at radius 1 is 1.10 bits per heavy atom. The number of aromatic nitrogens is 1. The molecule has 0 aliphatic carbocycles. The van der Waals surface area contributed by atoms with Crippen LogP contribution in [0.25, 0.3) is 0 Å². The van der Waals surface area contributed by atoms with Gasteiger partial charge in [-0.25, -0.2) is 8.42 Å². The lowest BCUT2D eigenvalue weighted by Gasteiger charge is -2.14. The van der Waals surface area contributed by atoms with Crippen molar-refractivity contribution in [1.82, 2.24) is 15.2 Å². The number of amides is 2. The highest BCUT2D eigenvalue weighted by molar-refractivity contribution is 7.89. The summed E-state index contributed by atoms with van der Waals surface area (Å²) in [6.07, 6.45) is 0.236. The van der Waals surface area contributed by atoms with Crippen LogP contribution in [0.15, 0.2) is 33.7 Å². The molecule has 158 valence electrons. The average Bonchev–Trinajstić information content (AvgIpc) is 2.94. The maximum atomic E-state index is 12.5. The second kappa shape index (κ2) is 9.19. The molecule has 0 saturated carbocycles. The quantitative estimate of drug-likeness (QED) is 0.593. The number of sulfonamides is 1. The summed E-state index contributed by atoms with van der Waals surface area (Å²) in [5.74, 6) is -0.454. The van der Waals surface area contributed by atoms with E-state index >= 15 is 0 Å². The summed E-state index contributed by atoms with van der Waals surface area (Å²) in [5, 5.41) is 9.08. The summed E-state index contributed by atoms with van der Waals surface area (Å²) in [5.41, 5.74) is 1.51. The van der Waals surface area contributed by atoms with Crippen LogP contribution in [0.3, 0.4) is 0 Å². The van der Waals surface area contributed by atoms with Crippen LogP contribution in [0.2, 0.25) is 0 Å². The van der Waals surface area contributed by atoms with E-state index < -0.39 is 22.0 Å². The minimum absolute atomic E-state index is 0.0664. The minimum atomic E-state index is -3.96. The number of benzene rings is 1. The normalized spacial score (nSPS) is 12.6. The third-order valence-electron chi connectivity index (χ3n) is 4.00. The molecule has 2 rings (SSSR count). The third-order valence-corrected chi connectivity index (χ3v) is 5.78. The van der Waals surface area contributed by atoms with Crippen molar-refractivity contribution in [2.45, 2.75) is 58.0 Å². The van der Waals surface area contributed by atoms with Crippen molar-refractivity contribution in [2.24, 2.45) is 0 Å². The largest absolute Gasteiger partial charge is 0.360 e. The Morgan fingerprint density at radius 3 is 2.24 bits per heavy atom. The first-order valence-electron chi connectivity index (χ1n) is 9.14. The van der Waals surface area contributed by atoms with Gasteiger partial charge in [-0.3, -0.25) is 9.59 Å². The van der Waals surface area contributed by atoms with Gasteiger partial charge < -0.3 is 15.2 Å². The Balaban J connectivity index is 1.98. The topological polar surface area (TPSA) is 130 Å². The Labute approximate surface area is 170 Å². The van der Waals surface area contributed by atoms with Crippen LogP contribution >= 0.6 is 0 Å². The van der Waals surface area contributed by atoms with Crippen molar-refractivity contribution in [3.63, 3.8) is 0 Å². The summed E-state index contributed by atoms with van der Waals surface area (Å²) in [6.45, 7) is 8.21. The van der Waals surface area contributed by atoms with Crippen LogP contribution in [0.5, 0.6) is 0 Å². The van der Waals surface area contributed by atoms with E-state index in [0.29, 0.717) is 5.69 Å². The fourth-order valence-electron chi connectivity index (χ4n) is 2.72. The first-order chi connectivity index (χ1) is 13.5. The van der Waals surface area contributed by atoms with Crippen molar-refractivity contribution in [3.8, 4) is 0 Å². The Kier molecular flexibility index (Phi) is 7.15. The molecule has 1 aromatic carbocycles. The van der Waals surface area contributed by atoms with Crippen molar-refractivity contribution in [1.29, 1.82) is 0 Å². The molecule has 0 fully saturated rings. The number of hydrogen-bond donors (Lipinski definition) is 3. The highest BCUT2D eigenvalue weighted by Gasteiger charge is 2.28. The minimum Gasteiger partial charge on any atom is -0.360 e. The number of anilines is 1. The zero-order valence-corrected chi connectivity index (χ0v) is 17.9. The van der Waals surface area contributed by atoms with Gasteiger partial charge in [-0.15, -0.1) is 0 Å². The fraction of sp³-hybridized carbons (Fsp3) is 0.421. The number of nitrogens with zero attached hydrogens (tertiary/aromatic N) is 1. The zero-order chi connectivity index (χ0) is 21.8. The van der Waals surface area contributed by atoms with Gasteiger partial charge in [-0.05, 0) is 52.3 Å². The van der Waals surface area contributed by atoms with Crippen LogP contribution in [-0.4, -0.2) is 37.5 Å². The molecule has 1 heterocycles. The van der Waals surface area contributed by atoms with Crippen LogP contribution in [0, 0.1) is 13.8 Å². The molecule has 1 atom stereocenters. The van der Waals surface area contributed by atoms with Crippen molar-refractivity contribution < 1.29 is 22.5 Å². The second-order valence-corrected chi connectivity index (χ2v) is 8.73. The van der Waals surface area contributed by atoms with Crippen LogP contribution < -0.4 is 15.4 Å². The predicted octanol–water partition coefficient (Wildman–Crippen LogP) is 1.66. The summed E-state index contributed by atoms with van der Waals surface area (Å²) in [7, 11) is -3.96. The first kappa shape index (κ1) is 22.6. The summed E-state index contributed by atoms with van der Waals surface area (Å²) in [4.78, 5) is 24.1. The molecule has 3 N–H and O–H groups in total. The number of aryl methyl sites for hydroxylation is 2. The number of carbonyl (C=O) groups excluding carboxylic acids is 2. The first-order valence-corrected chi connectivity index (χ1v) is 10.6. The SMILES string of the molecule is Cc1noc(C)c1S(=O)(=O)N[C@@H](C)C(=O)Nc1ccc(CC(=O)NC(C)C)cc1. The Morgan fingerprint density at radius 2 is 1.72 bits per heavy atom. The molecular weight excluding hydrogens is 396 g/mol. The number of nitrogens with one attached hydrogen (secondary N) is 3. The molecule has 2 amide bonds. The average molecular weight is 423 g/mol. The molecule has 0 saturated heterocycles. The molecule has 2 aromatic rings. The summed E-state index contributed by atoms with van der Waals surface area (Å²) >= 11 is 0. The fourth-order valence-corrected chi connectivity index (χ4v) is 4.25. The second-order valence-electron chi connectivity index (χ2n) is 7.08. The van der Waals surface area contributed by atoms with Crippen LogP contribution in [0.4, 0.5) is 5.69 Å². The van der Waals surface area contributed by atoms with Crippen molar-refractivity contribution >= 4 is 27.5 Å². The van der Waals surface area contributed by atoms with E-state index in [0.717, 1.165) is 5.56 Å². The molecule has 0 bridgehead atoms. The van der Waals surface area contributed by atoms with E-state index in [-0.39, 0.29) is 34.7 Å². The number of carbonyl (C=O) groups is 2. The van der Waals surface area contributed by atoms with E-state index in [1.807, 2.05) is 13.8 Å². The maximum absolute atomic E-state index is 12.5. The number of hydrogen-bond acceptors (Lipinski definition) is 6. The highest BCUT2D eigenvalue weighted by Crippen LogP contribution is 2.19. The molecule has 9 nitrogen and oxygen atoms in total. The Bertz CT molecular complexity index is 961. The van der Waals surface area contributed by atoms with Gasteiger partial charge in [0.2, 0.25) is 21.8 Å². The van der Waals surface area contributed by atoms with E-state index in [1.54, 1.807) is 24.3 Å². The van der Waals surface area contributed by atoms with E-state index in [1.165, 1.54) is 20.8 Å². The van der Waals surface area contributed by atoms with Gasteiger partial charge in [0.1, 0.15) is 10.6 Å². The third kappa shape index (κ3) is 6.13. The molecular formula is C19H26N4O5S. The smallest absolute Gasteiger partial charge is 0.246 e. The number of rotatable bonds is 8. The molecule has 0 aliphatic heterocycles. The maximum Gasteiger partial charge on any atom is 0.246 e. The predicted molar refractivity (Wildman–Crippen MR) is 108 cm³/mol. The Hall–Kier alpha value is -2.72.